The predicted octanol–water partition coefficient (Wildman–Crippen LogP) is 5.92. The number of fused-ring (bicyclic) bond motifs is 2. The summed E-state index contributed by atoms with van der Waals surface area (Å²) in [5, 5.41) is 1.02. The van der Waals surface area contributed by atoms with Gasteiger partial charge in [-0.15, -0.1) is 0 Å². The Kier molecular flexibility index (Phi) is 6.30. The Morgan fingerprint density at radius 3 is 2.50 bits per heavy atom. The molecular formula is C27H35FN6. The number of aromatic amines is 1. The largest absolute Gasteiger partial charge is 0.368 e. The highest BCUT2D eigenvalue weighted by Gasteiger charge is 2.21. The maximum Gasteiger partial charge on any atom is 0.151 e. The molecule has 5 rings (SSSR count). The average molecular weight is 463 g/mol. The number of H-pyrrole nitrogens is 1. The number of aromatic nitrogens is 4. The summed E-state index contributed by atoms with van der Waals surface area (Å²) in [6, 6.07) is 6.27. The van der Waals surface area contributed by atoms with E-state index in [4.69, 9.17) is 0 Å². The predicted molar refractivity (Wildman–Crippen MR) is 138 cm³/mol. The van der Waals surface area contributed by atoms with E-state index in [-0.39, 0.29) is 5.82 Å². The third kappa shape index (κ3) is 4.06. The third-order valence-corrected chi connectivity index (χ3v) is 7.23. The van der Waals surface area contributed by atoms with Crippen LogP contribution >= 0.6 is 0 Å². The van der Waals surface area contributed by atoms with E-state index in [0.29, 0.717) is 11.6 Å². The summed E-state index contributed by atoms with van der Waals surface area (Å²) in [6.07, 6.45) is 8.21. The van der Waals surface area contributed by atoms with Gasteiger partial charge in [0.2, 0.25) is 0 Å². The topological polar surface area (TPSA) is 53.0 Å². The van der Waals surface area contributed by atoms with Crippen LogP contribution in [0.25, 0.3) is 33.2 Å². The molecule has 0 aliphatic carbocycles. The number of hydrogen-bond donors (Lipinski definition) is 1. The summed E-state index contributed by atoms with van der Waals surface area (Å²) in [6.45, 7) is 10.5. The Bertz CT molecular complexity index is 1290. The lowest BCUT2D eigenvalue weighted by Crippen LogP contribution is -2.44. The molecule has 1 fully saturated rings. The first-order valence-corrected chi connectivity index (χ1v) is 12.6. The molecule has 34 heavy (non-hydrogen) atoms. The van der Waals surface area contributed by atoms with Crippen LogP contribution in [0.3, 0.4) is 0 Å². The van der Waals surface area contributed by atoms with Gasteiger partial charge in [-0.05, 0) is 50.6 Å². The van der Waals surface area contributed by atoms with Gasteiger partial charge < -0.3 is 19.4 Å². The summed E-state index contributed by atoms with van der Waals surface area (Å²) < 4.78 is 17.6. The minimum absolute atomic E-state index is 0.265. The second kappa shape index (κ2) is 9.37. The monoisotopic (exact) mass is 462 g/mol. The van der Waals surface area contributed by atoms with Crippen molar-refractivity contribution in [3.63, 3.8) is 0 Å². The molecule has 4 aromatic rings. The summed E-state index contributed by atoms with van der Waals surface area (Å²) in [5.41, 5.74) is 5.14. The van der Waals surface area contributed by atoms with Gasteiger partial charge in [-0.1, -0.05) is 26.7 Å². The first kappa shape index (κ1) is 22.8. The summed E-state index contributed by atoms with van der Waals surface area (Å²) in [7, 11) is 2.16. The summed E-state index contributed by atoms with van der Waals surface area (Å²) in [4.78, 5) is 17.3. The van der Waals surface area contributed by atoms with Crippen molar-refractivity contribution in [1.82, 2.24) is 24.4 Å². The van der Waals surface area contributed by atoms with E-state index >= 15 is 4.39 Å². The van der Waals surface area contributed by atoms with Crippen LogP contribution in [0.15, 0.2) is 30.6 Å². The first-order chi connectivity index (χ1) is 16.5. The second-order valence-corrected chi connectivity index (χ2v) is 9.67. The molecule has 0 saturated carbocycles. The van der Waals surface area contributed by atoms with E-state index < -0.39 is 0 Å². The number of nitrogens with zero attached hydrogens (tertiary/aromatic N) is 5. The van der Waals surface area contributed by atoms with Gasteiger partial charge in [0.05, 0.1) is 17.4 Å². The zero-order chi connectivity index (χ0) is 23.8. The number of halogens is 1. The first-order valence-electron chi connectivity index (χ1n) is 12.6. The Morgan fingerprint density at radius 2 is 1.79 bits per heavy atom. The van der Waals surface area contributed by atoms with E-state index in [0.717, 1.165) is 91.1 Å². The van der Waals surface area contributed by atoms with Gasteiger partial charge in [-0.3, -0.25) is 0 Å². The van der Waals surface area contributed by atoms with Crippen molar-refractivity contribution in [1.29, 1.82) is 0 Å². The molecule has 4 heterocycles. The minimum Gasteiger partial charge on any atom is -0.368 e. The highest BCUT2D eigenvalue weighted by molar-refractivity contribution is 5.97. The Hall–Kier alpha value is -2.93. The minimum atomic E-state index is -0.265. The van der Waals surface area contributed by atoms with E-state index in [1.165, 1.54) is 0 Å². The lowest BCUT2D eigenvalue weighted by Gasteiger charge is -2.33. The zero-order valence-corrected chi connectivity index (χ0v) is 20.7. The van der Waals surface area contributed by atoms with Gasteiger partial charge in [0.1, 0.15) is 17.0 Å². The van der Waals surface area contributed by atoms with Crippen LogP contribution in [0.4, 0.5) is 10.1 Å². The molecule has 1 saturated heterocycles. The van der Waals surface area contributed by atoms with Crippen molar-refractivity contribution in [2.45, 2.75) is 52.5 Å². The van der Waals surface area contributed by atoms with Crippen LogP contribution in [0, 0.1) is 12.7 Å². The van der Waals surface area contributed by atoms with Crippen LogP contribution < -0.4 is 4.90 Å². The fourth-order valence-electron chi connectivity index (χ4n) is 5.42. The maximum absolute atomic E-state index is 15.4. The molecule has 0 amide bonds. The fraction of sp³-hybridized carbons (Fsp3) is 0.481. The SMILES string of the molecule is CCCC(CCC)n1c(C)nc2c(F)cc(-c3c[nH]c4ncc(N5CCN(C)CC5)cc34)cc21. The van der Waals surface area contributed by atoms with Crippen molar-refractivity contribution in [2.24, 2.45) is 0 Å². The molecule has 1 aromatic carbocycles. The van der Waals surface area contributed by atoms with Crippen LogP contribution in [0.1, 0.15) is 51.4 Å². The van der Waals surface area contributed by atoms with E-state index in [1.54, 1.807) is 6.07 Å². The van der Waals surface area contributed by atoms with E-state index in [1.807, 2.05) is 19.3 Å². The molecule has 1 aliphatic heterocycles. The van der Waals surface area contributed by atoms with Crippen LogP contribution in [0.2, 0.25) is 0 Å². The molecule has 1 N–H and O–H groups in total. The number of benzene rings is 1. The van der Waals surface area contributed by atoms with Gasteiger partial charge in [0.25, 0.3) is 0 Å². The van der Waals surface area contributed by atoms with Gasteiger partial charge in [-0.25, -0.2) is 14.4 Å². The lowest BCUT2D eigenvalue weighted by molar-refractivity contribution is 0.313. The fourth-order valence-corrected chi connectivity index (χ4v) is 5.42. The Morgan fingerprint density at radius 1 is 1.06 bits per heavy atom. The number of anilines is 1. The normalized spacial score (nSPS) is 15.3. The number of hydrogen-bond acceptors (Lipinski definition) is 4. The highest BCUT2D eigenvalue weighted by Crippen LogP contribution is 2.35. The second-order valence-electron chi connectivity index (χ2n) is 9.67. The van der Waals surface area contributed by atoms with Gasteiger partial charge in [-0.2, -0.15) is 0 Å². The molecule has 1 aliphatic rings. The van der Waals surface area contributed by atoms with Crippen molar-refractivity contribution >= 4 is 27.8 Å². The van der Waals surface area contributed by atoms with E-state index in [2.05, 4.69) is 62.3 Å². The maximum atomic E-state index is 15.4. The standard InChI is InChI=1S/C27H35FN6/c1-5-7-20(8-6-2)34-18(3)31-26-24(28)13-19(14-25(26)34)23-17-30-27-22(23)15-21(16-29-27)33-11-9-32(4)10-12-33/h13-17,20H,5-12H2,1-4H3,(H,29,30). The summed E-state index contributed by atoms with van der Waals surface area (Å²) >= 11 is 0. The number of imidazole rings is 1. The zero-order valence-electron chi connectivity index (χ0n) is 20.7. The molecule has 0 spiro atoms. The lowest BCUT2D eigenvalue weighted by atomic mass is 10.0. The van der Waals surface area contributed by atoms with Crippen molar-refractivity contribution in [3.8, 4) is 11.1 Å². The third-order valence-electron chi connectivity index (χ3n) is 7.23. The number of rotatable bonds is 7. The summed E-state index contributed by atoms with van der Waals surface area (Å²) in [5.74, 6) is 0.620. The van der Waals surface area contributed by atoms with Crippen molar-refractivity contribution < 1.29 is 4.39 Å². The molecule has 180 valence electrons. The number of likely N-dealkylation sites (N-methyl/N-ethyl adjacent to an activating group) is 1. The number of aryl methyl sites for hydroxylation is 1. The molecule has 0 bridgehead atoms. The van der Waals surface area contributed by atoms with Crippen LogP contribution in [0.5, 0.6) is 0 Å². The highest BCUT2D eigenvalue weighted by atomic mass is 19.1. The molecule has 3 aromatic heterocycles. The van der Waals surface area contributed by atoms with Gasteiger partial charge >= 0.3 is 0 Å². The molecule has 7 heteroatoms. The molecule has 0 atom stereocenters. The van der Waals surface area contributed by atoms with Crippen LogP contribution in [-0.2, 0) is 0 Å². The van der Waals surface area contributed by atoms with Crippen molar-refractivity contribution in [2.75, 3.05) is 38.1 Å². The Labute approximate surface area is 200 Å². The van der Waals surface area contributed by atoms with E-state index in [9.17, 15) is 0 Å². The quantitative estimate of drug-likeness (QED) is 0.370. The molecule has 0 unspecified atom stereocenters. The molecule has 6 nitrogen and oxygen atoms in total. The van der Waals surface area contributed by atoms with Gasteiger partial charge in [0, 0.05) is 49.4 Å². The number of nitrogens with one attached hydrogen (secondary N) is 1. The number of piperazine rings is 1. The average Bonchev–Trinajstić information content (AvgIpc) is 3.40. The van der Waals surface area contributed by atoms with Crippen molar-refractivity contribution in [3.05, 3.63) is 42.2 Å². The smallest absolute Gasteiger partial charge is 0.151 e. The van der Waals surface area contributed by atoms with Crippen LogP contribution in [-0.4, -0.2) is 57.6 Å². The molecule has 0 radical (unpaired) electrons. The Balaban J connectivity index is 1.60. The molecular weight excluding hydrogens is 427 g/mol. The van der Waals surface area contributed by atoms with Gasteiger partial charge in [0.15, 0.2) is 5.82 Å². The number of pyridine rings is 1.